The number of aliphatic carboxylic acids is 1. The number of rotatable bonds is 19. The Morgan fingerprint density at radius 1 is 0.805 bits per heavy atom. The molecule has 234 valence electrons. The third-order valence-corrected chi connectivity index (χ3v) is 9.33. The summed E-state index contributed by atoms with van der Waals surface area (Å²) in [6.45, 7) is 17.9. The molecular weight excluding hydrogens is 512 g/mol. The number of carboxylic acid groups (broad SMARTS) is 1. The van der Waals surface area contributed by atoms with Gasteiger partial charge in [0.05, 0.1) is 0 Å². The van der Waals surface area contributed by atoms with Crippen LogP contribution in [-0.4, -0.2) is 22.6 Å². The Bertz CT molecular complexity index is 981. The number of ether oxygens (including phenoxy) is 2. The van der Waals surface area contributed by atoms with Crippen LogP contribution in [0.5, 0.6) is 11.5 Å². The van der Waals surface area contributed by atoms with Gasteiger partial charge in [0, 0.05) is 18.4 Å². The third kappa shape index (κ3) is 12.0. The highest BCUT2D eigenvalue weighted by atomic mass is 16.5. The van der Waals surface area contributed by atoms with Gasteiger partial charge in [-0.3, -0.25) is 9.59 Å². The van der Waals surface area contributed by atoms with Crippen molar-refractivity contribution in [3.05, 3.63) is 22.3 Å². The Kier molecular flexibility index (Phi) is 14.7. The molecule has 0 spiro atoms. The molecule has 1 N–H and O–H groups in total. The molecule has 1 aliphatic rings. The fourth-order valence-corrected chi connectivity index (χ4v) is 6.30. The van der Waals surface area contributed by atoms with Crippen molar-refractivity contribution >= 4 is 11.9 Å². The summed E-state index contributed by atoms with van der Waals surface area (Å²) in [5.41, 5.74) is 4.06. The lowest BCUT2D eigenvalue weighted by molar-refractivity contribution is -0.137. The number of carbonyl (C=O) groups excluding carboxylic acids is 1. The fourth-order valence-electron chi connectivity index (χ4n) is 6.30. The molecule has 0 unspecified atom stereocenters. The van der Waals surface area contributed by atoms with Crippen molar-refractivity contribution in [3.63, 3.8) is 0 Å². The van der Waals surface area contributed by atoms with E-state index in [9.17, 15) is 9.59 Å². The Morgan fingerprint density at radius 2 is 1.39 bits per heavy atom. The molecule has 0 fully saturated rings. The number of hydrogen-bond donors (Lipinski definition) is 1. The lowest BCUT2D eigenvalue weighted by atomic mass is 9.83. The Balaban J connectivity index is 1.84. The van der Waals surface area contributed by atoms with Gasteiger partial charge in [-0.1, -0.05) is 79.1 Å². The van der Waals surface area contributed by atoms with E-state index in [1.165, 1.54) is 56.9 Å². The molecule has 0 bridgehead atoms. The van der Waals surface area contributed by atoms with Crippen LogP contribution >= 0.6 is 0 Å². The van der Waals surface area contributed by atoms with Crippen molar-refractivity contribution in [2.45, 2.75) is 164 Å². The number of carboxylic acids is 1. The second-order valence-electron chi connectivity index (χ2n) is 13.9. The number of hydrogen-bond acceptors (Lipinski definition) is 4. The number of carbonyl (C=O) groups is 2. The Labute approximate surface area is 251 Å². The van der Waals surface area contributed by atoms with Gasteiger partial charge in [-0.15, -0.1) is 0 Å². The predicted molar refractivity (Wildman–Crippen MR) is 169 cm³/mol. The molecular formula is C36H60O5. The molecule has 1 heterocycles. The smallest absolute Gasteiger partial charge is 0.311 e. The van der Waals surface area contributed by atoms with Gasteiger partial charge in [-0.25, -0.2) is 0 Å². The van der Waals surface area contributed by atoms with Crippen LogP contribution in [0.3, 0.4) is 0 Å². The van der Waals surface area contributed by atoms with Gasteiger partial charge in [-0.2, -0.15) is 0 Å². The second-order valence-corrected chi connectivity index (χ2v) is 13.9. The van der Waals surface area contributed by atoms with E-state index in [4.69, 9.17) is 14.6 Å². The number of fused-ring (bicyclic) bond motifs is 1. The van der Waals surface area contributed by atoms with E-state index < -0.39 is 5.97 Å². The predicted octanol–water partition coefficient (Wildman–Crippen LogP) is 10.1. The molecule has 3 atom stereocenters. The van der Waals surface area contributed by atoms with Crippen LogP contribution in [0.4, 0.5) is 0 Å². The van der Waals surface area contributed by atoms with E-state index in [0.29, 0.717) is 31.4 Å². The minimum Gasteiger partial charge on any atom is -0.487 e. The van der Waals surface area contributed by atoms with Crippen LogP contribution < -0.4 is 9.47 Å². The van der Waals surface area contributed by atoms with E-state index in [-0.39, 0.29) is 18.0 Å². The van der Waals surface area contributed by atoms with Gasteiger partial charge in [0.1, 0.15) is 17.1 Å². The summed E-state index contributed by atoms with van der Waals surface area (Å²) in [6, 6.07) is 0. The maximum Gasteiger partial charge on any atom is 0.311 e. The molecule has 1 aromatic carbocycles. The Morgan fingerprint density at radius 3 is 2.00 bits per heavy atom. The van der Waals surface area contributed by atoms with Gasteiger partial charge in [0.2, 0.25) is 0 Å². The summed E-state index contributed by atoms with van der Waals surface area (Å²) in [6.07, 6.45) is 16.0. The average molecular weight is 573 g/mol. The van der Waals surface area contributed by atoms with Crippen molar-refractivity contribution < 1.29 is 24.2 Å². The van der Waals surface area contributed by atoms with Crippen LogP contribution in [0.1, 0.15) is 153 Å². The van der Waals surface area contributed by atoms with Gasteiger partial charge < -0.3 is 14.6 Å². The second kappa shape index (κ2) is 17.2. The molecule has 2 rings (SSSR count). The average Bonchev–Trinajstić information content (AvgIpc) is 2.89. The summed E-state index contributed by atoms with van der Waals surface area (Å²) in [7, 11) is 0. The highest BCUT2D eigenvalue weighted by molar-refractivity contribution is 5.74. The first kappa shape index (κ1) is 35.2. The first-order valence-corrected chi connectivity index (χ1v) is 16.6. The van der Waals surface area contributed by atoms with Crippen molar-refractivity contribution in [3.8, 4) is 11.5 Å². The molecule has 0 aliphatic carbocycles. The molecule has 0 aromatic heterocycles. The zero-order valence-electron chi connectivity index (χ0n) is 27.6. The molecule has 1 aromatic rings. The van der Waals surface area contributed by atoms with E-state index in [1.807, 2.05) is 13.8 Å². The van der Waals surface area contributed by atoms with Crippen LogP contribution in [0.2, 0.25) is 0 Å². The van der Waals surface area contributed by atoms with Crippen LogP contribution in [0, 0.1) is 38.5 Å². The van der Waals surface area contributed by atoms with Crippen LogP contribution in [-0.2, 0) is 16.0 Å². The van der Waals surface area contributed by atoms with E-state index in [1.54, 1.807) is 0 Å². The van der Waals surface area contributed by atoms with Gasteiger partial charge in [0.15, 0.2) is 0 Å². The first-order chi connectivity index (χ1) is 19.3. The summed E-state index contributed by atoms with van der Waals surface area (Å²) >= 11 is 0. The zero-order valence-corrected chi connectivity index (χ0v) is 27.6. The molecule has 0 saturated heterocycles. The fraction of sp³-hybridized carbons (Fsp3) is 0.778. The number of benzene rings is 1. The van der Waals surface area contributed by atoms with E-state index in [2.05, 4.69) is 41.5 Å². The van der Waals surface area contributed by atoms with Crippen molar-refractivity contribution in [2.24, 2.45) is 17.8 Å². The van der Waals surface area contributed by atoms with Crippen molar-refractivity contribution in [1.29, 1.82) is 0 Å². The maximum atomic E-state index is 12.6. The molecule has 1 aliphatic heterocycles. The maximum absolute atomic E-state index is 12.6. The highest BCUT2D eigenvalue weighted by Gasteiger charge is 2.34. The Hall–Kier alpha value is -2.04. The van der Waals surface area contributed by atoms with Gasteiger partial charge >= 0.3 is 11.9 Å². The van der Waals surface area contributed by atoms with Gasteiger partial charge in [0.25, 0.3) is 0 Å². The summed E-state index contributed by atoms with van der Waals surface area (Å²) in [4.78, 5) is 23.2. The highest BCUT2D eigenvalue weighted by Crippen LogP contribution is 2.45. The van der Waals surface area contributed by atoms with Crippen molar-refractivity contribution in [2.75, 3.05) is 0 Å². The molecule has 0 saturated carbocycles. The van der Waals surface area contributed by atoms with E-state index in [0.717, 1.165) is 59.5 Å². The lowest BCUT2D eigenvalue weighted by Gasteiger charge is -2.38. The van der Waals surface area contributed by atoms with E-state index >= 15 is 0 Å². The number of unbranched alkanes of at least 4 members (excludes halogenated alkanes) is 2. The monoisotopic (exact) mass is 572 g/mol. The first-order valence-electron chi connectivity index (χ1n) is 16.6. The summed E-state index contributed by atoms with van der Waals surface area (Å²) in [5.74, 6) is 3.06. The zero-order chi connectivity index (χ0) is 30.6. The molecule has 41 heavy (non-hydrogen) atoms. The molecule has 0 radical (unpaired) electrons. The SMILES string of the molecule is Cc1c(C)c2c(c(C)c1OC(=O)CCCCCC(=O)O)CC[C@@](C)(CCC[C@H](C)CCC[C@H](C)CCCC(C)C)O2. The minimum atomic E-state index is -0.792. The molecule has 0 amide bonds. The summed E-state index contributed by atoms with van der Waals surface area (Å²) in [5, 5.41) is 8.77. The van der Waals surface area contributed by atoms with Crippen LogP contribution in [0.15, 0.2) is 0 Å². The lowest BCUT2D eigenvalue weighted by Crippen LogP contribution is -2.37. The van der Waals surface area contributed by atoms with Gasteiger partial charge in [-0.05, 0) is 101 Å². The van der Waals surface area contributed by atoms with Crippen molar-refractivity contribution in [1.82, 2.24) is 0 Å². The minimum absolute atomic E-state index is 0.146. The third-order valence-electron chi connectivity index (χ3n) is 9.33. The topological polar surface area (TPSA) is 72.8 Å². The normalized spacial score (nSPS) is 18.1. The number of esters is 1. The molecule has 5 nitrogen and oxygen atoms in total. The quantitative estimate of drug-likeness (QED) is 0.101. The largest absolute Gasteiger partial charge is 0.487 e. The summed E-state index contributed by atoms with van der Waals surface area (Å²) < 4.78 is 12.6. The van der Waals surface area contributed by atoms with Crippen LogP contribution in [0.25, 0.3) is 0 Å². The standard InChI is InChI=1S/C36H60O5/c1-25(2)15-12-16-26(3)17-13-18-27(4)19-14-23-36(8)24-22-31-30(7)34(28(5)29(6)35(31)41-36)40-33(39)21-11-9-10-20-32(37)38/h25-27H,9-24H2,1-8H3,(H,37,38)/t26-,27-,36-/m1/s1. The molecule has 5 heteroatoms.